The second kappa shape index (κ2) is 9.10. The van der Waals surface area contributed by atoms with E-state index >= 15 is 0 Å². The van der Waals surface area contributed by atoms with Gasteiger partial charge in [0.1, 0.15) is 24.7 Å². The van der Waals surface area contributed by atoms with Crippen molar-refractivity contribution in [2.75, 3.05) is 25.2 Å². The lowest BCUT2D eigenvalue weighted by molar-refractivity contribution is -0.132. The van der Waals surface area contributed by atoms with Crippen LogP contribution in [-0.2, 0) is 9.59 Å². The number of hydrogen-bond donors (Lipinski definition) is 1. The number of thiazole rings is 1. The number of Topliss-reactive ketones (excluding diaryl/α,β-unsaturated/α-hetero) is 1. The van der Waals surface area contributed by atoms with E-state index in [-0.39, 0.29) is 11.3 Å². The number of hydrogen-bond acceptors (Lipinski definition) is 8. The summed E-state index contributed by atoms with van der Waals surface area (Å²) >= 11 is 7.54. The standard InChI is InChI=1S/C27H19ClN2O6S/c1-34-17-6-7-18-21(13-17)37-27(29-18)30-23(14-3-2-4-16(28)11-14)22(25(32)26(30)33)24(31)15-5-8-19-20(12-15)36-10-9-35-19/h2-8,11-13,23,31H,9-10H2,1H3/b24-22-. The Hall–Kier alpha value is -4.08. The molecule has 1 N–H and O–H groups in total. The Morgan fingerprint density at radius 2 is 1.89 bits per heavy atom. The van der Waals surface area contributed by atoms with Crippen LogP contribution in [0.25, 0.3) is 16.0 Å². The molecule has 37 heavy (non-hydrogen) atoms. The summed E-state index contributed by atoms with van der Waals surface area (Å²) in [5.41, 5.74) is 1.46. The van der Waals surface area contributed by atoms with Gasteiger partial charge in [0.2, 0.25) is 0 Å². The van der Waals surface area contributed by atoms with Crippen LogP contribution in [0.4, 0.5) is 5.13 Å². The van der Waals surface area contributed by atoms with E-state index in [1.165, 1.54) is 16.2 Å². The first kappa shape index (κ1) is 23.3. The van der Waals surface area contributed by atoms with Crippen molar-refractivity contribution in [2.24, 2.45) is 0 Å². The number of fused-ring (bicyclic) bond motifs is 2. The van der Waals surface area contributed by atoms with Gasteiger partial charge in [-0.25, -0.2) is 4.98 Å². The number of carbonyl (C=O) groups excluding carboxylic acids is 2. The number of ether oxygens (including phenoxy) is 3. The molecule has 0 saturated carbocycles. The van der Waals surface area contributed by atoms with E-state index in [0.717, 1.165) is 4.70 Å². The van der Waals surface area contributed by atoms with Gasteiger partial charge < -0.3 is 19.3 Å². The second-order valence-corrected chi connectivity index (χ2v) is 9.86. The third-order valence-electron chi connectivity index (χ3n) is 6.21. The maximum Gasteiger partial charge on any atom is 0.301 e. The number of rotatable bonds is 4. The first-order valence-electron chi connectivity index (χ1n) is 11.4. The molecular formula is C27H19ClN2O6S. The largest absolute Gasteiger partial charge is 0.507 e. The Labute approximate surface area is 220 Å². The molecule has 0 bridgehead atoms. The first-order chi connectivity index (χ1) is 17.9. The van der Waals surface area contributed by atoms with Crippen molar-refractivity contribution < 1.29 is 28.9 Å². The molecule has 4 aromatic rings. The van der Waals surface area contributed by atoms with Crippen LogP contribution in [-0.4, -0.2) is 42.1 Å². The van der Waals surface area contributed by atoms with E-state index in [1.54, 1.807) is 61.7 Å². The van der Waals surface area contributed by atoms with E-state index in [0.29, 0.717) is 57.3 Å². The van der Waals surface area contributed by atoms with Crippen molar-refractivity contribution in [3.8, 4) is 17.2 Å². The zero-order valence-electron chi connectivity index (χ0n) is 19.4. The Balaban J connectivity index is 1.53. The lowest BCUT2D eigenvalue weighted by atomic mass is 9.95. The highest BCUT2D eigenvalue weighted by atomic mass is 35.5. The smallest absolute Gasteiger partial charge is 0.301 e. The van der Waals surface area contributed by atoms with E-state index in [4.69, 9.17) is 25.8 Å². The Morgan fingerprint density at radius 3 is 2.68 bits per heavy atom. The topological polar surface area (TPSA) is 98.2 Å². The number of aromatic nitrogens is 1. The van der Waals surface area contributed by atoms with Crippen LogP contribution in [0.1, 0.15) is 17.2 Å². The van der Waals surface area contributed by atoms with Gasteiger partial charge in [0.15, 0.2) is 16.6 Å². The minimum atomic E-state index is -0.950. The molecule has 1 saturated heterocycles. The molecule has 1 aromatic heterocycles. The van der Waals surface area contributed by atoms with Crippen LogP contribution in [0, 0.1) is 0 Å². The predicted octanol–water partition coefficient (Wildman–Crippen LogP) is 5.36. The van der Waals surface area contributed by atoms with Crippen LogP contribution < -0.4 is 19.1 Å². The molecule has 2 aliphatic rings. The molecule has 0 aliphatic carbocycles. The van der Waals surface area contributed by atoms with Gasteiger partial charge in [-0.2, -0.15) is 0 Å². The fourth-order valence-corrected chi connectivity index (χ4v) is 5.71. The van der Waals surface area contributed by atoms with Crippen molar-refractivity contribution in [2.45, 2.75) is 6.04 Å². The molecule has 6 rings (SSSR count). The van der Waals surface area contributed by atoms with E-state index in [2.05, 4.69) is 4.98 Å². The number of nitrogens with zero attached hydrogens (tertiary/aromatic N) is 2. The van der Waals surface area contributed by atoms with Gasteiger partial charge in [-0.05, 0) is 54.1 Å². The number of methoxy groups -OCH3 is 1. The minimum absolute atomic E-state index is 0.0687. The molecule has 1 atom stereocenters. The Kier molecular flexibility index (Phi) is 5.73. The number of benzene rings is 3. The summed E-state index contributed by atoms with van der Waals surface area (Å²) in [6.07, 6.45) is 0. The number of halogens is 1. The number of carbonyl (C=O) groups is 2. The fraction of sp³-hybridized carbons (Fsp3) is 0.148. The molecule has 3 aromatic carbocycles. The average Bonchev–Trinajstić information content (AvgIpc) is 3.45. The van der Waals surface area contributed by atoms with Crippen molar-refractivity contribution >= 4 is 55.7 Å². The van der Waals surface area contributed by atoms with Gasteiger partial charge in [-0.15, -0.1) is 0 Å². The predicted molar refractivity (Wildman–Crippen MR) is 140 cm³/mol. The maximum atomic E-state index is 13.4. The highest BCUT2D eigenvalue weighted by Gasteiger charge is 2.48. The Morgan fingerprint density at radius 1 is 1.08 bits per heavy atom. The molecule has 0 spiro atoms. The summed E-state index contributed by atoms with van der Waals surface area (Å²) in [6, 6.07) is 16.1. The summed E-state index contributed by atoms with van der Waals surface area (Å²) in [5.74, 6) is -0.312. The normalized spacial score (nSPS) is 18.4. The Bertz CT molecular complexity index is 1610. The van der Waals surface area contributed by atoms with Crippen LogP contribution in [0.2, 0.25) is 5.02 Å². The molecule has 1 amide bonds. The molecule has 1 unspecified atom stereocenters. The van der Waals surface area contributed by atoms with Gasteiger partial charge in [0.25, 0.3) is 5.78 Å². The summed E-state index contributed by atoms with van der Waals surface area (Å²) in [5, 5.41) is 12.1. The summed E-state index contributed by atoms with van der Waals surface area (Å²) in [7, 11) is 1.57. The SMILES string of the molecule is COc1ccc2nc(N3C(=O)C(=O)/C(=C(\O)c4ccc5c(c4)OCCO5)C3c3cccc(Cl)c3)sc2c1. The zero-order chi connectivity index (χ0) is 25.7. The quantitative estimate of drug-likeness (QED) is 0.214. The lowest BCUT2D eigenvalue weighted by Crippen LogP contribution is -2.29. The zero-order valence-corrected chi connectivity index (χ0v) is 21.0. The van der Waals surface area contributed by atoms with Crippen LogP contribution in [0.15, 0.2) is 66.2 Å². The minimum Gasteiger partial charge on any atom is -0.507 e. The maximum absolute atomic E-state index is 13.4. The van der Waals surface area contributed by atoms with Crippen LogP contribution in [0.5, 0.6) is 17.2 Å². The molecule has 2 aliphatic heterocycles. The second-order valence-electron chi connectivity index (χ2n) is 8.41. The third-order valence-corrected chi connectivity index (χ3v) is 7.47. The van der Waals surface area contributed by atoms with E-state index in [1.807, 2.05) is 6.07 Å². The number of amides is 1. The summed E-state index contributed by atoms with van der Waals surface area (Å²) in [6.45, 7) is 0.790. The molecule has 0 radical (unpaired) electrons. The van der Waals surface area contributed by atoms with E-state index < -0.39 is 17.7 Å². The molecule has 10 heteroatoms. The fourth-order valence-electron chi connectivity index (χ4n) is 4.49. The number of anilines is 1. The summed E-state index contributed by atoms with van der Waals surface area (Å²) in [4.78, 5) is 32.8. The van der Waals surface area contributed by atoms with Crippen molar-refractivity contribution in [3.05, 3.63) is 82.4 Å². The first-order valence-corrected chi connectivity index (χ1v) is 12.5. The van der Waals surface area contributed by atoms with Gasteiger partial charge in [0, 0.05) is 10.6 Å². The van der Waals surface area contributed by atoms with Gasteiger partial charge in [-0.1, -0.05) is 35.1 Å². The van der Waals surface area contributed by atoms with Gasteiger partial charge in [0.05, 0.1) is 28.9 Å². The molecule has 8 nitrogen and oxygen atoms in total. The highest BCUT2D eigenvalue weighted by molar-refractivity contribution is 7.22. The molecule has 3 heterocycles. The van der Waals surface area contributed by atoms with Crippen molar-refractivity contribution in [1.29, 1.82) is 0 Å². The number of aliphatic hydroxyl groups excluding tert-OH is 1. The summed E-state index contributed by atoms with van der Waals surface area (Å²) < 4.78 is 17.3. The van der Waals surface area contributed by atoms with Gasteiger partial charge in [-0.3, -0.25) is 14.5 Å². The van der Waals surface area contributed by atoms with Crippen molar-refractivity contribution in [3.63, 3.8) is 0 Å². The van der Waals surface area contributed by atoms with Gasteiger partial charge >= 0.3 is 5.91 Å². The number of ketones is 1. The van der Waals surface area contributed by atoms with Crippen LogP contribution in [0.3, 0.4) is 0 Å². The lowest BCUT2D eigenvalue weighted by Gasteiger charge is -2.23. The molecule has 186 valence electrons. The third kappa shape index (κ3) is 3.96. The van der Waals surface area contributed by atoms with E-state index in [9.17, 15) is 14.7 Å². The van der Waals surface area contributed by atoms with Crippen LogP contribution >= 0.6 is 22.9 Å². The van der Waals surface area contributed by atoms with Crippen molar-refractivity contribution in [1.82, 2.24) is 4.98 Å². The molecular weight excluding hydrogens is 516 g/mol. The number of aliphatic hydroxyl groups is 1. The molecule has 1 fully saturated rings. The highest BCUT2D eigenvalue weighted by Crippen LogP contribution is 2.45. The monoisotopic (exact) mass is 534 g/mol. The average molecular weight is 535 g/mol.